The van der Waals surface area contributed by atoms with Gasteiger partial charge in [0.25, 0.3) is 5.91 Å². The highest BCUT2D eigenvalue weighted by atomic mass is 32.2. The van der Waals surface area contributed by atoms with Crippen molar-refractivity contribution < 1.29 is 4.79 Å². The lowest BCUT2D eigenvalue weighted by molar-refractivity contribution is 0.0693. The van der Waals surface area contributed by atoms with Gasteiger partial charge in [0.15, 0.2) is 0 Å². The van der Waals surface area contributed by atoms with E-state index in [-0.39, 0.29) is 16.7 Å². The summed E-state index contributed by atoms with van der Waals surface area (Å²) >= 11 is 1.90. The van der Waals surface area contributed by atoms with E-state index in [2.05, 4.69) is 66.7 Å². The molecule has 1 fully saturated rings. The minimum atomic E-state index is -0.324. The lowest BCUT2D eigenvalue weighted by atomic mass is 9.80. The maximum absolute atomic E-state index is 12.9. The predicted octanol–water partition coefficient (Wildman–Crippen LogP) is 5.20. The average Bonchev–Trinajstić information content (AvgIpc) is 2.91. The Bertz CT molecular complexity index is 972. The SMILES string of the molecule is CN1C(=O)c2ccccc2C12SC(c1ccccc1)C2c1ccccc1. The van der Waals surface area contributed by atoms with E-state index in [0.29, 0.717) is 5.25 Å². The van der Waals surface area contributed by atoms with Crippen LogP contribution in [-0.2, 0) is 4.87 Å². The summed E-state index contributed by atoms with van der Waals surface area (Å²) in [6, 6.07) is 29.4. The minimum absolute atomic E-state index is 0.126. The summed E-state index contributed by atoms with van der Waals surface area (Å²) in [4.78, 5) is 14.6. The summed E-state index contributed by atoms with van der Waals surface area (Å²) < 4.78 is 0. The van der Waals surface area contributed by atoms with E-state index in [4.69, 9.17) is 0 Å². The van der Waals surface area contributed by atoms with Crippen LogP contribution in [0.3, 0.4) is 0 Å². The molecule has 1 amide bonds. The normalized spacial score (nSPS) is 26.7. The first-order valence-electron chi connectivity index (χ1n) is 8.89. The molecule has 3 atom stereocenters. The van der Waals surface area contributed by atoms with Crippen LogP contribution in [-0.4, -0.2) is 17.9 Å². The van der Waals surface area contributed by atoms with Crippen molar-refractivity contribution >= 4 is 17.7 Å². The van der Waals surface area contributed by atoms with Crippen molar-refractivity contribution in [3.05, 3.63) is 107 Å². The third-order valence-corrected chi connectivity index (χ3v) is 7.57. The number of likely N-dealkylation sites (N-methyl/N-ethyl adjacent to an activating group) is 1. The topological polar surface area (TPSA) is 20.3 Å². The quantitative estimate of drug-likeness (QED) is 0.628. The molecule has 128 valence electrons. The molecule has 3 aromatic carbocycles. The number of hydrogen-bond acceptors (Lipinski definition) is 2. The highest BCUT2D eigenvalue weighted by Crippen LogP contribution is 2.73. The van der Waals surface area contributed by atoms with Gasteiger partial charge in [-0.3, -0.25) is 4.79 Å². The van der Waals surface area contributed by atoms with Crippen molar-refractivity contribution in [2.45, 2.75) is 16.0 Å². The smallest absolute Gasteiger partial charge is 0.255 e. The number of benzene rings is 3. The molecule has 0 bridgehead atoms. The first kappa shape index (κ1) is 15.7. The first-order valence-corrected chi connectivity index (χ1v) is 9.77. The standard InChI is InChI=1S/C23H19NOS/c1-24-22(25)18-14-8-9-15-19(18)23(24)20(16-10-4-2-5-11-16)21(26-23)17-12-6-3-7-13-17/h2-15,20-21H,1H3. The molecule has 3 unspecified atom stereocenters. The van der Waals surface area contributed by atoms with Crippen LogP contribution in [0.2, 0.25) is 0 Å². The van der Waals surface area contributed by atoms with E-state index in [0.717, 1.165) is 11.1 Å². The summed E-state index contributed by atoms with van der Waals surface area (Å²) in [7, 11) is 1.95. The van der Waals surface area contributed by atoms with Gasteiger partial charge in [-0.25, -0.2) is 0 Å². The summed E-state index contributed by atoms with van der Waals surface area (Å²) in [6.45, 7) is 0. The fourth-order valence-corrected chi connectivity index (χ4v) is 6.36. The number of amides is 1. The molecule has 2 nitrogen and oxygen atoms in total. The van der Waals surface area contributed by atoms with Crippen LogP contribution < -0.4 is 0 Å². The Morgan fingerprint density at radius 1 is 0.808 bits per heavy atom. The number of carbonyl (C=O) groups is 1. The maximum atomic E-state index is 12.9. The van der Waals surface area contributed by atoms with Crippen molar-refractivity contribution in [1.82, 2.24) is 4.90 Å². The number of hydrogen-bond donors (Lipinski definition) is 0. The van der Waals surface area contributed by atoms with Gasteiger partial charge >= 0.3 is 0 Å². The molecule has 5 rings (SSSR count). The molecule has 2 aliphatic heterocycles. The van der Waals surface area contributed by atoms with Crippen LogP contribution in [0.25, 0.3) is 0 Å². The van der Waals surface area contributed by atoms with Crippen LogP contribution in [0, 0.1) is 0 Å². The Kier molecular flexibility index (Phi) is 3.47. The maximum Gasteiger partial charge on any atom is 0.255 e. The van der Waals surface area contributed by atoms with E-state index >= 15 is 0 Å². The zero-order valence-corrected chi connectivity index (χ0v) is 15.3. The molecule has 3 heteroatoms. The van der Waals surface area contributed by atoms with Gasteiger partial charge in [0.1, 0.15) is 4.87 Å². The van der Waals surface area contributed by atoms with E-state index in [1.165, 1.54) is 11.1 Å². The fraction of sp³-hybridized carbons (Fsp3) is 0.174. The van der Waals surface area contributed by atoms with Gasteiger partial charge < -0.3 is 4.90 Å². The van der Waals surface area contributed by atoms with Gasteiger partial charge in [0, 0.05) is 29.3 Å². The third-order valence-electron chi connectivity index (χ3n) is 5.66. The monoisotopic (exact) mass is 357 g/mol. The second-order valence-corrected chi connectivity index (χ2v) is 8.31. The Hall–Kier alpha value is -2.52. The summed E-state index contributed by atoms with van der Waals surface area (Å²) in [5, 5.41) is 0.333. The van der Waals surface area contributed by atoms with Crippen LogP contribution in [0.15, 0.2) is 84.9 Å². The van der Waals surface area contributed by atoms with Crippen LogP contribution in [0.1, 0.15) is 38.2 Å². The van der Waals surface area contributed by atoms with Gasteiger partial charge in [0.05, 0.1) is 0 Å². The van der Waals surface area contributed by atoms with Crippen LogP contribution in [0.5, 0.6) is 0 Å². The molecule has 2 aliphatic rings. The van der Waals surface area contributed by atoms with Crippen LogP contribution in [0.4, 0.5) is 0 Å². The molecule has 0 saturated carbocycles. The van der Waals surface area contributed by atoms with Gasteiger partial charge in [-0.2, -0.15) is 0 Å². The lowest BCUT2D eigenvalue weighted by Crippen LogP contribution is -2.52. The Balaban J connectivity index is 1.69. The Morgan fingerprint density at radius 2 is 1.38 bits per heavy atom. The summed E-state index contributed by atoms with van der Waals surface area (Å²) in [6.07, 6.45) is 0. The zero-order valence-electron chi connectivity index (χ0n) is 14.5. The highest BCUT2D eigenvalue weighted by molar-refractivity contribution is 8.02. The van der Waals surface area contributed by atoms with Crippen molar-refractivity contribution in [2.24, 2.45) is 0 Å². The molecule has 1 saturated heterocycles. The first-order chi connectivity index (χ1) is 12.7. The molecule has 0 aromatic heterocycles. The number of carbonyl (C=O) groups excluding carboxylic acids is 1. The zero-order chi connectivity index (χ0) is 17.7. The second kappa shape index (κ2) is 5.75. The Morgan fingerprint density at radius 3 is 2.08 bits per heavy atom. The molecule has 0 aliphatic carbocycles. The number of rotatable bonds is 2. The fourth-order valence-electron chi connectivity index (χ4n) is 4.44. The van der Waals surface area contributed by atoms with E-state index in [1.807, 2.05) is 41.9 Å². The molecular formula is C23H19NOS. The Labute approximate surface area is 157 Å². The van der Waals surface area contributed by atoms with E-state index in [9.17, 15) is 4.79 Å². The van der Waals surface area contributed by atoms with E-state index < -0.39 is 0 Å². The molecule has 0 N–H and O–H groups in total. The molecule has 3 aromatic rings. The van der Waals surface area contributed by atoms with Gasteiger partial charge in [-0.1, -0.05) is 78.9 Å². The molecule has 2 heterocycles. The number of thioether (sulfide) groups is 1. The van der Waals surface area contributed by atoms with Gasteiger partial charge in [-0.05, 0) is 17.2 Å². The molecule has 0 radical (unpaired) electrons. The van der Waals surface area contributed by atoms with Crippen molar-refractivity contribution in [2.75, 3.05) is 7.05 Å². The van der Waals surface area contributed by atoms with E-state index in [1.54, 1.807) is 0 Å². The summed E-state index contributed by atoms with van der Waals surface area (Å²) in [5.74, 6) is 0.356. The third kappa shape index (κ3) is 1.98. The van der Waals surface area contributed by atoms with Gasteiger partial charge in [-0.15, -0.1) is 11.8 Å². The van der Waals surface area contributed by atoms with Crippen LogP contribution >= 0.6 is 11.8 Å². The number of nitrogens with zero attached hydrogens (tertiary/aromatic N) is 1. The largest absolute Gasteiger partial charge is 0.322 e. The highest BCUT2D eigenvalue weighted by Gasteiger charge is 2.64. The molecule has 26 heavy (non-hydrogen) atoms. The van der Waals surface area contributed by atoms with Crippen molar-refractivity contribution in [1.29, 1.82) is 0 Å². The van der Waals surface area contributed by atoms with Crippen molar-refractivity contribution in [3.63, 3.8) is 0 Å². The minimum Gasteiger partial charge on any atom is -0.322 e. The molecular weight excluding hydrogens is 338 g/mol. The second-order valence-electron chi connectivity index (χ2n) is 6.94. The number of fused-ring (bicyclic) bond motifs is 2. The average molecular weight is 357 g/mol. The predicted molar refractivity (Wildman–Crippen MR) is 106 cm³/mol. The van der Waals surface area contributed by atoms with Gasteiger partial charge in [0.2, 0.25) is 0 Å². The molecule has 1 spiro atoms. The van der Waals surface area contributed by atoms with Crippen molar-refractivity contribution in [3.8, 4) is 0 Å². The lowest BCUT2D eigenvalue weighted by Gasteiger charge is -2.56. The summed E-state index contributed by atoms with van der Waals surface area (Å²) in [5.41, 5.74) is 4.60.